The molecular formula is C21H30N4O. The summed E-state index contributed by atoms with van der Waals surface area (Å²) in [4.78, 5) is 11.3. The minimum absolute atomic E-state index is 0.566. The minimum Gasteiger partial charge on any atom is -0.444 e. The average Bonchev–Trinajstić information content (AvgIpc) is 3.00. The Morgan fingerprint density at radius 2 is 2.08 bits per heavy atom. The smallest absolute Gasteiger partial charge is 0.214 e. The number of aromatic nitrogens is 1. The van der Waals surface area contributed by atoms with Gasteiger partial charge in [-0.05, 0) is 37.7 Å². The van der Waals surface area contributed by atoms with Crippen LogP contribution in [0.25, 0.3) is 0 Å². The lowest BCUT2D eigenvalue weighted by Gasteiger charge is -2.40. The molecule has 1 aromatic carbocycles. The maximum absolute atomic E-state index is 5.67. The van der Waals surface area contributed by atoms with Gasteiger partial charge in [0.05, 0.1) is 12.2 Å². The third kappa shape index (κ3) is 4.09. The van der Waals surface area contributed by atoms with Gasteiger partial charge in [0.2, 0.25) is 5.89 Å². The number of aryl methyl sites for hydroxylation is 2. The van der Waals surface area contributed by atoms with Gasteiger partial charge in [0.25, 0.3) is 0 Å². The van der Waals surface area contributed by atoms with Gasteiger partial charge in [-0.3, -0.25) is 4.99 Å². The van der Waals surface area contributed by atoms with Crippen molar-refractivity contribution < 1.29 is 4.42 Å². The topological polar surface area (TPSA) is 53.7 Å². The fourth-order valence-electron chi connectivity index (χ4n) is 3.88. The molecule has 1 saturated heterocycles. The van der Waals surface area contributed by atoms with Crippen LogP contribution in [0.1, 0.15) is 48.6 Å². The maximum atomic E-state index is 5.67. The van der Waals surface area contributed by atoms with Crippen LogP contribution in [-0.4, -0.2) is 36.0 Å². The second-order valence-corrected chi connectivity index (χ2v) is 7.07. The highest BCUT2D eigenvalue weighted by molar-refractivity contribution is 5.79. The van der Waals surface area contributed by atoms with Crippen LogP contribution in [0.15, 0.2) is 39.7 Å². The van der Waals surface area contributed by atoms with Crippen molar-refractivity contribution in [1.29, 1.82) is 0 Å². The summed E-state index contributed by atoms with van der Waals surface area (Å²) in [6, 6.07) is 10.9. The second-order valence-electron chi connectivity index (χ2n) is 7.07. The Balaban J connectivity index is 1.63. The summed E-state index contributed by atoms with van der Waals surface area (Å²) in [5.41, 5.74) is 2.42. The first-order valence-corrected chi connectivity index (χ1v) is 9.55. The number of oxazole rings is 1. The van der Waals surface area contributed by atoms with Crippen molar-refractivity contribution in [2.75, 3.05) is 20.1 Å². The third-order valence-corrected chi connectivity index (χ3v) is 5.47. The zero-order chi connectivity index (χ0) is 18.5. The number of piperidine rings is 1. The Labute approximate surface area is 156 Å². The zero-order valence-corrected chi connectivity index (χ0v) is 16.3. The second kappa shape index (κ2) is 8.39. The Kier molecular flexibility index (Phi) is 5.96. The molecule has 0 amide bonds. The monoisotopic (exact) mass is 354 g/mol. The summed E-state index contributed by atoms with van der Waals surface area (Å²) >= 11 is 0. The number of guanidine groups is 1. The van der Waals surface area contributed by atoms with E-state index in [0.29, 0.717) is 24.3 Å². The first kappa shape index (κ1) is 18.5. The van der Waals surface area contributed by atoms with E-state index in [1.165, 1.54) is 12.0 Å². The molecule has 1 N–H and O–H groups in total. The minimum atomic E-state index is 0.566. The van der Waals surface area contributed by atoms with Crippen molar-refractivity contribution >= 4 is 5.96 Å². The summed E-state index contributed by atoms with van der Waals surface area (Å²) in [6.45, 7) is 8.81. The molecule has 2 aromatic rings. The predicted octanol–water partition coefficient (Wildman–Crippen LogP) is 3.88. The lowest BCUT2D eigenvalue weighted by molar-refractivity contribution is 0.215. The van der Waals surface area contributed by atoms with Crippen LogP contribution < -0.4 is 5.32 Å². The molecule has 0 saturated carbocycles. The Hall–Kier alpha value is -2.30. The summed E-state index contributed by atoms with van der Waals surface area (Å²) in [5.74, 6) is 3.80. The van der Waals surface area contributed by atoms with Crippen LogP contribution in [0.4, 0.5) is 0 Å². The van der Waals surface area contributed by atoms with Gasteiger partial charge in [-0.2, -0.15) is 0 Å². The first-order chi connectivity index (χ1) is 12.6. The molecule has 26 heavy (non-hydrogen) atoms. The third-order valence-electron chi connectivity index (χ3n) is 5.47. The molecule has 5 nitrogen and oxygen atoms in total. The fraction of sp³-hybridized carbons (Fsp3) is 0.524. The van der Waals surface area contributed by atoms with E-state index < -0.39 is 0 Å². The molecule has 1 aliphatic rings. The number of nitrogens with zero attached hydrogens (tertiary/aromatic N) is 3. The van der Waals surface area contributed by atoms with Crippen LogP contribution in [0.3, 0.4) is 0 Å². The molecule has 2 unspecified atom stereocenters. The van der Waals surface area contributed by atoms with E-state index >= 15 is 0 Å². The van der Waals surface area contributed by atoms with Crippen molar-refractivity contribution in [3.05, 3.63) is 53.2 Å². The number of rotatable bonds is 4. The maximum Gasteiger partial charge on any atom is 0.214 e. The molecule has 2 heterocycles. The van der Waals surface area contributed by atoms with Crippen molar-refractivity contribution in [2.45, 2.75) is 46.1 Å². The van der Waals surface area contributed by atoms with E-state index in [4.69, 9.17) is 4.42 Å². The molecule has 1 fully saturated rings. The molecule has 5 heteroatoms. The molecule has 3 rings (SSSR count). The summed E-state index contributed by atoms with van der Waals surface area (Å²) in [6.07, 6.45) is 2.33. The number of hydrogen-bond donors (Lipinski definition) is 1. The van der Waals surface area contributed by atoms with Gasteiger partial charge in [-0.1, -0.05) is 43.7 Å². The number of aliphatic imine (C=N–C) groups is 1. The largest absolute Gasteiger partial charge is 0.444 e. The number of likely N-dealkylation sites (tertiary alicyclic amines) is 1. The van der Waals surface area contributed by atoms with Gasteiger partial charge in [-0.15, -0.1) is 0 Å². The van der Waals surface area contributed by atoms with Crippen LogP contribution >= 0.6 is 0 Å². The van der Waals surface area contributed by atoms with Gasteiger partial charge in [0.1, 0.15) is 5.76 Å². The Morgan fingerprint density at radius 1 is 1.31 bits per heavy atom. The summed E-state index contributed by atoms with van der Waals surface area (Å²) < 4.78 is 5.67. The summed E-state index contributed by atoms with van der Waals surface area (Å²) in [7, 11) is 1.85. The standard InChI is InChI=1S/C21H30N4O/c1-5-17-14-25(12-11-19(17)18-9-7-6-8-10-18)21(22-4)23-13-20-24-15(2)16(3)26-20/h6-10,17,19H,5,11-14H2,1-4H3,(H,22,23). The highest BCUT2D eigenvalue weighted by Crippen LogP contribution is 2.34. The van der Waals surface area contributed by atoms with Crippen LogP contribution in [0.2, 0.25) is 0 Å². The molecule has 0 bridgehead atoms. The van der Waals surface area contributed by atoms with E-state index in [-0.39, 0.29) is 0 Å². The van der Waals surface area contributed by atoms with Gasteiger partial charge >= 0.3 is 0 Å². The quantitative estimate of drug-likeness (QED) is 0.669. The Bertz CT molecular complexity index is 718. The number of nitrogens with one attached hydrogen (secondary N) is 1. The van der Waals surface area contributed by atoms with Crippen LogP contribution in [0, 0.1) is 19.8 Å². The van der Waals surface area contributed by atoms with E-state index in [1.807, 2.05) is 20.9 Å². The predicted molar refractivity (Wildman–Crippen MR) is 105 cm³/mol. The lowest BCUT2D eigenvalue weighted by Crippen LogP contribution is -2.48. The van der Waals surface area contributed by atoms with E-state index in [2.05, 4.69) is 57.4 Å². The van der Waals surface area contributed by atoms with Gasteiger partial charge < -0.3 is 14.6 Å². The summed E-state index contributed by atoms with van der Waals surface area (Å²) in [5, 5.41) is 3.41. The molecule has 1 aliphatic heterocycles. The molecule has 0 aliphatic carbocycles. The Morgan fingerprint density at radius 3 is 2.69 bits per heavy atom. The van der Waals surface area contributed by atoms with E-state index in [0.717, 1.165) is 36.9 Å². The van der Waals surface area contributed by atoms with Crippen molar-refractivity contribution in [3.63, 3.8) is 0 Å². The van der Waals surface area contributed by atoms with E-state index in [9.17, 15) is 0 Å². The lowest BCUT2D eigenvalue weighted by atomic mass is 9.79. The molecule has 0 radical (unpaired) electrons. The normalized spacial score (nSPS) is 21.1. The zero-order valence-electron chi connectivity index (χ0n) is 16.3. The molecule has 140 valence electrons. The first-order valence-electron chi connectivity index (χ1n) is 9.55. The SMILES string of the molecule is CCC1CN(C(=NC)NCc2nc(C)c(C)o2)CCC1c1ccccc1. The van der Waals surface area contributed by atoms with Gasteiger partial charge in [0, 0.05) is 20.1 Å². The highest BCUT2D eigenvalue weighted by atomic mass is 16.4. The molecule has 1 aromatic heterocycles. The van der Waals surface area contributed by atoms with Crippen molar-refractivity contribution in [1.82, 2.24) is 15.2 Å². The highest BCUT2D eigenvalue weighted by Gasteiger charge is 2.30. The van der Waals surface area contributed by atoms with Crippen molar-refractivity contribution in [3.8, 4) is 0 Å². The van der Waals surface area contributed by atoms with Gasteiger partial charge in [0.15, 0.2) is 5.96 Å². The molecule has 2 atom stereocenters. The number of benzene rings is 1. The fourth-order valence-corrected chi connectivity index (χ4v) is 3.88. The van der Waals surface area contributed by atoms with E-state index in [1.54, 1.807) is 0 Å². The van der Waals surface area contributed by atoms with Crippen LogP contribution in [-0.2, 0) is 6.54 Å². The van der Waals surface area contributed by atoms with Crippen molar-refractivity contribution in [2.24, 2.45) is 10.9 Å². The number of hydrogen-bond acceptors (Lipinski definition) is 3. The molecule has 0 spiro atoms. The van der Waals surface area contributed by atoms with Gasteiger partial charge in [-0.25, -0.2) is 4.98 Å². The van der Waals surface area contributed by atoms with Crippen LogP contribution in [0.5, 0.6) is 0 Å². The average molecular weight is 354 g/mol. The molecular weight excluding hydrogens is 324 g/mol.